The van der Waals surface area contributed by atoms with Crippen LogP contribution in [-0.4, -0.2) is 4.98 Å². The summed E-state index contributed by atoms with van der Waals surface area (Å²) >= 11 is 1.64. The van der Waals surface area contributed by atoms with Gasteiger partial charge in [0.1, 0.15) is 5.01 Å². The third-order valence-corrected chi connectivity index (χ3v) is 4.30. The predicted octanol–water partition coefficient (Wildman–Crippen LogP) is 4.44. The molecule has 0 saturated carbocycles. The second-order valence-corrected chi connectivity index (χ2v) is 5.46. The Balaban J connectivity index is 2.43. The molecule has 1 unspecified atom stereocenters. The zero-order valence-electron chi connectivity index (χ0n) is 10.9. The fourth-order valence-electron chi connectivity index (χ4n) is 1.97. The van der Waals surface area contributed by atoms with Crippen molar-refractivity contribution in [2.45, 2.75) is 33.1 Å². The van der Waals surface area contributed by atoms with Crippen molar-refractivity contribution >= 4 is 11.3 Å². The van der Waals surface area contributed by atoms with Crippen molar-refractivity contribution in [1.82, 2.24) is 4.98 Å². The van der Waals surface area contributed by atoms with Crippen LogP contribution in [0, 0.1) is 25.2 Å². The molecule has 0 aliphatic carbocycles. The highest BCUT2D eigenvalue weighted by Crippen LogP contribution is 2.34. The van der Waals surface area contributed by atoms with Crippen LogP contribution in [0.25, 0.3) is 10.6 Å². The molecule has 3 heteroatoms. The fourth-order valence-corrected chi connectivity index (χ4v) is 3.16. The highest BCUT2D eigenvalue weighted by molar-refractivity contribution is 7.15. The van der Waals surface area contributed by atoms with Crippen molar-refractivity contribution in [3.8, 4) is 16.6 Å². The maximum absolute atomic E-state index is 9.16. The van der Waals surface area contributed by atoms with Crippen LogP contribution in [0.15, 0.2) is 24.3 Å². The van der Waals surface area contributed by atoms with Gasteiger partial charge < -0.3 is 0 Å². The van der Waals surface area contributed by atoms with Crippen molar-refractivity contribution in [3.63, 3.8) is 0 Å². The van der Waals surface area contributed by atoms with Crippen molar-refractivity contribution < 1.29 is 0 Å². The molecule has 0 bridgehead atoms. The molecule has 92 valence electrons. The molecule has 1 heterocycles. The first-order chi connectivity index (χ1) is 8.65. The Kier molecular flexibility index (Phi) is 3.78. The van der Waals surface area contributed by atoms with Gasteiger partial charge in [0.2, 0.25) is 0 Å². The molecular formula is C15H16N2S. The summed E-state index contributed by atoms with van der Waals surface area (Å²) in [5, 5.41) is 10.2. The second kappa shape index (κ2) is 5.32. The number of benzene rings is 1. The molecule has 0 spiro atoms. The van der Waals surface area contributed by atoms with E-state index in [4.69, 9.17) is 5.26 Å². The van der Waals surface area contributed by atoms with Gasteiger partial charge in [-0.15, -0.1) is 11.3 Å². The summed E-state index contributed by atoms with van der Waals surface area (Å²) in [5.41, 5.74) is 3.36. The lowest BCUT2D eigenvalue weighted by atomic mass is 10.1. The monoisotopic (exact) mass is 256 g/mol. The van der Waals surface area contributed by atoms with E-state index in [1.165, 1.54) is 5.56 Å². The number of thiazole rings is 1. The minimum absolute atomic E-state index is 0.0268. The molecule has 18 heavy (non-hydrogen) atoms. The zero-order chi connectivity index (χ0) is 13.1. The molecule has 0 amide bonds. The zero-order valence-corrected chi connectivity index (χ0v) is 11.7. The quantitative estimate of drug-likeness (QED) is 0.813. The van der Waals surface area contributed by atoms with Gasteiger partial charge in [-0.25, -0.2) is 4.98 Å². The Morgan fingerprint density at radius 1 is 1.39 bits per heavy atom. The lowest BCUT2D eigenvalue weighted by molar-refractivity contribution is 0.824. The average molecular weight is 256 g/mol. The van der Waals surface area contributed by atoms with E-state index in [1.54, 1.807) is 11.3 Å². The van der Waals surface area contributed by atoms with E-state index < -0.39 is 0 Å². The standard InChI is InChI=1S/C15H16N2S/c1-4-12(9-16)14-11(3)17-15(18-14)13-7-5-6-10(2)8-13/h5-8,12H,4H2,1-3H3. The first kappa shape index (κ1) is 12.8. The Bertz CT molecular complexity index is 593. The third-order valence-electron chi connectivity index (χ3n) is 2.98. The van der Waals surface area contributed by atoms with E-state index >= 15 is 0 Å². The maximum Gasteiger partial charge on any atom is 0.123 e. The molecule has 0 fully saturated rings. The number of hydrogen-bond donors (Lipinski definition) is 0. The van der Waals surface area contributed by atoms with Gasteiger partial charge in [-0.05, 0) is 26.3 Å². The van der Waals surface area contributed by atoms with Gasteiger partial charge in [-0.3, -0.25) is 0 Å². The fraction of sp³-hybridized carbons (Fsp3) is 0.333. The molecule has 0 aliphatic rings. The van der Waals surface area contributed by atoms with Gasteiger partial charge in [0, 0.05) is 10.4 Å². The number of rotatable bonds is 3. The molecule has 1 aromatic carbocycles. The van der Waals surface area contributed by atoms with Crippen LogP contribution in [0.1, 0.15) is 35.4 Å². The second-order valence-electron chi connectivity index (χ2n) is 4.43. The lowest BCUT2D eigenvalue weighted by Crippen LogP contribution is -1.92. The van der Waals surface area contributed by atoms with Crippen LogP contribution < -0.4 is 0 Å². The van der Waals surface area contributed by atoms with E-state index in [2.05, 4.69) is 36.2 Å². The summed E-state index contributed by atoms with van der Waals surface area (Å²) in [6.45, 7) is 6.11. The van der Waals surface area contributed by atoms with E-state index in [-0.39, 0.29) is 5.92 Å². The molecular weight excluding hydrogens is 240 g/mol. The molecule has 0 aliphatic heterocycles. The Labute approximate surface area is 112 Å². The Morgan fingerprint density at radius 3 is 2.78 bits per heavy atom. The lowest BCUT2D eigenvalue weighted by Gasteiger charge is -2.02. The van der Waals surface area contributed by atoms with Crippen molar-refractivity contribution in [1.29, 1.82) is 5.26 Å². The molecule has 2 aromatic rings. The van der Waals surface area contributed by atoms with Crippen molar-refractivity contribution in [2.75, 3.05) is 0 Å². The van der Waals surface area contributed by atoms with E-state index in [0.29, 0.717) is 0 Å². The highest BCUT2D eigenvalue weighted by atomic mass is 32.1. The van der Waals surface area contributed by atoms with Crippen molar-refractivity contribution in [3.05, 3.63) is 40.4 Å². The van der Waals surface area contributed by atoms with Gasteiger partial charge in [0.25, 0.3) is 0 Å². The summed E-state index contributed by atoms with van der Waals surface area (Å²) < 4.78 is 0. The molecule has 0 N–H and O–H groups in total. The first-order valence-corrected chi connectivity index (χ1v) is 6.91. The summed E-state index contributed by atoms with van der Waals surface area (Å²) in [4.78, 5) is 5.71. The highest BCUT2D eigenvalue weighted by Gasteiger charge is 2.17. The van der Waals surface area contributed by atoms with Gasteiger partial charge >= 0.3 is 0 Å². The van der Waals surface area contributed by atoms with Crippen LogP contribution >= 0.6 is 11.3 Å². The summed E-state index contributed by atoms with van der Waals surface area (Å²) in [7, 11) is 0. The number of nitrogens with zero attached hydrogens (tertiary/aromatic N) is 2. The maximum atomic E-state index is 9.16. The van der Waals surface area contributed by atoms with Crippen molar-refractivity contribution in [2.24, 2.45) is 0 Å². The molecule has 0 saturated heterocycles. The smallest absolute Gasteiger partial charge is 0.123 e. The van der Waals surface area contributed by atoms with E-state index in [1.807, 2.05) is 19.9 Å². The molecule has 2 rings (SSSR count). The summed E-state index contributed by atoms with van der Waals surface area (Å²) in [5.74, 6) is -0.0268. The minimum atomic E-state index is -0.0268. The van der Waals surface area contributed by atoms with Crippen LogP contribution in [0.4, 0.5) is 0 Å². The third kappa shape index (κ3) is 2.44. The van der Waals surface area contributed by atoms with Crippen LogP contribution in [0.3, 0.4) is 0 Å². The number of aromatic nitrogens is 1. The average Bonchev–Trinajstić information content (AvgIpc) is 2.74. The number of aryl methyl sites for hydroxylation is 2. The normalized spacial score (nSPS) is 12.1. The number of hydrogen-bond acceptors (Lipinski definition) is 3. The van der Waals surface area contributed by atoms with Gasteiger partial charge in [0.05, 0.1) is 17.7 Å². The number of nitriles is 1. The van der Waals surface area contributed by atoms with E-state index in [0.717, 1.165) is 27.6 Å². The van der Waals surface area contributed by atoms with E-state index in [9.17, 15) is 0 Å². The van der Waals surface area contributed by atoms with Gasteiger partial charge in [-0.2, -0.15) is 5.26 Å². The Hall–Kier alpha value is -1.66. The topological polar surface area (TPSA) is 36.7 Å². The van der Waals surface area contributed by atoms with Crippen LogP contribution in [0.2, 0.25) is 0 Å². The first-order valence-electron chi connectivity index (χ1n) is 6.09. The van der Waals surface area contributed by atoms with Crippen LogP contribution in [-0.2, 0) is 0 Å². The van der Waals surface area contributed by atoms with Crippen LogP contribution in [0.5, 0.6) is 0 Å². The van der Waals surface area contributed by atoms with Gasteiger partial charge in [-0.1, -0.05) is 30.7 Å². The Morgan fingerprint density at radius 2 is 2.17 bits per heavy atom. The largest absolute Gasteiger partial charge is 0.241 e. The molecule has 0 radical (unpaired) electrons. The SMILES string of the molecule is CCC(C#N)c1sc(-c2cccc(C)c2)nc1C. The molecule has 2 nitrogen and oxygen atoms in total. The predicted molar refractivity (Wildman–Crippen MR) is 75.7 cm³/mol. The minimum Gasteiger partial charge on any atom is -0.241 e. The summed E-state index contributed by atoms with van der Waals surface area (Å²) in [6, 6.07) is 10.7. The molecule has 1 aromatic heterocycles. The molecule has 1 atom stereocenters. The summed E-state index contributed by atoms with van der Waals surface area (Å²) in [6.07, 6.45) is 0.840. The van der Waals surface area contributed by atoms with Gasteiger partial charge in [0.15, 0.2) is 0 Å².